The van der Waals surface area contributed by atoms with Crippen LogP contribution in [0.15, 0.2) is 224 Å². The van der Waals surface area contributed by atoms with Crippen molar-refractivity contribution in [3.05, 3.63) is 275 Å². The van der Waals surface area contributed by atoms with E-state index in [1.807, 2.05) is 84.9 Å². The first-order valence-corrected chi connectivity index (χ1v) is 25.9. The van der Waals surface area contributed by atoms with Crippen molar-refractivity contribution in [1.29, 1.82) is 0 Å². The SMILES string of the molecule is CCCC1(N(c2ccc(C(=O)c3ccccc3)cc2)c2ccc3ccccc3c2)c2cc3c(cc21)C(C)(C)c1cc(C(C)(CC)N(c2ccc(C(=O)c4ccccc4)cc2)c2ccc4ccccc4c2)ccc1-3. The Kier molecular flexibility index (Phi) is 11.1. The molecule has 10 aromatic carbocycles. The number of nitrogens with zero attached hydrogens (tertiary/aromatic N) is 2. The van der Waals surface area contributed by atoms with E-state index in [9.17, 15) is 9.59 Å². The van der Waals surface area contributed by atoms with Gasteiger partial charge in [0, 0.05) is 50.4 Å². The summed E-state index contributed by atoms with van der Waals surface area (Å²) in [4.78, 5) is 32.3. The predicted octanol–water partition coefficient (Wildman–Crippen LogP) is 17.4. The summed E-state index contributed by atoms with van der Waals surface area (Å²) in [5.41, 5.74) is 15.1. The highest BCUT2D eigenvalue weighted by molar-refractivity contribution is 6.10. The summed E-state index contributed by atoms with van der Waals surface area (Å²) in [6.45, 7) is 11.7. The molecule has 0 saturated carbocycles. The lowest BCUT2D eigenvalue weighted by atomic mass is 9.78. The fraction of sp³-hybridized carbons (Fsp3) is 0.159. The average molecular weight is 947 g/mol. The van der Waals surface area contributed by atoms with Crippen molar-refractivity contribution < 1.29 is 9.59 Å². The van der Waals surface area contributed by atoms with Gasteiger partial charge in [-0.2, -0.15) is 0 Å². The molecule has 0 radical (unpaired) electrons. The van der Waals surface area contributed by atoms with E-state index in [1.165, 1.54) is 60.5 Å². The minimum Gasteiger partial charge on any atom is -0.331 e. The van der Waals surface area contributed by atoms with Crippen LogP contribution in [0, 0.1) is 0 Å². The van der Waals surface area contributed by atoms with Gasteiger partial charge >= 0.3 is 0 Å². The van der Waals surface area contributed by atoms with Crippen LogP contribution in [0.3, 0.4) is 0 Å². The first-order valence-electron chi connectivity index (χ1n) is 25.9. The Morgan fingerprint density at radius 1 is 0.425 bits per heavy atom. The average Bonchev–Trinajstić information content (AvgIpc) is 4.02. The second-order valence-electron chi connectivity index (χ2n) is 20.8. The Labute approximate surface area is 429 Å². The van der Waals surface area contributed by atoms with Gasteiger partial charge in [0.05, 0.1) is 11.1 Å². The topological polar surface area (TPSA) is 40.6 Å². The molecular weight excluding hydrogens is 889 g/mol. The maximum atomic E-state index is 13.7. The highest BCUT2D eigenvalue weighted by atomic mass is 16.1. The molecule has 4 nitrogen and oxygen atoms in total. The first kappa shape index (κ1) is 45.8. The van der Waals surface area contributed by atoms with Crippen LogP contribution in [0.5, 0.6) is 0 Å². The lowest BCUT2D eigenvalue weighted by Gasteiger charge is -2.44. The van der Waals surface area contributed by atoms with Crippen molar-refractivity contribution in [2.75, 3.05) is 9.80 Å². The third-order valence-electron chi connectivity index (χ3n) is 16.3. The molecule has 2 atom stereocenters. The summed E-state index contributed by atoms with van der Waals surface area (Å²) in [5.74, 6) is 0.0381. The fourth-order valence-corrected chi connectivity index (χ4v) is 12.2. The number of anilines is 4. The molecule has 0 saturated heterocycles. The van der Waals surface area contributed by atoms with Gasteiger partial charge in [-0.15, -0.1) is 0 Å². The second-order valence-corrected chi connectivity index (χ2v) is 20.8. The van der Waals surface area contributed by atoms with Crippen LogP contribution in [0.25, 0.3) is 32.7 Å². The molecule has 0 aliphatic heterocycles. The van der Waals surface area contributed by atoms with Gasteiger partial charge in [-0.1, -0.05) is 180 Å². The normalized spacial score (nSPS) is 15.7. The van der Waals surface area contributed by atoms with Crippen LogP contribution >= 0.6 is 0 Å². The van der Waals surface area contributed by atoms with Gasteiger partial charge in [-0.05, 0) is 159 Å². The maximum Gasteiger partial charge on any atom is 0.193 e. The van der Waals surface area contributed by atoms with Crippen molar-refractivity contribution in [3.63, 3.8) is 0 Å². The number of carbonyl (C=O) groups is 2. The number of benzene rings is 10. The highest BCUT2D eigenvalue weighted by Gasteiger charge is 2.57. The van der Waals surface area contributed by atoms with E-state index in [0.29, 0.717) is 22.3 Å². The lowest BCUT2D eigenvalue weighted by molar-refractivity contribution is 0.103. The van der Waals surface area contributed by atoms with Crippen LogP contribution in [0.2, 0.25) is 0 Å². The van der Waals surface area contributed by atoms with Crippen LogP contribution in [-0.4, -0.2) is 11.6 Å². The quantitative estimate of drug-likeness (QED) is 0.102. The molecule has 10 aromatic rings. The Morgan fingerprint density at radius 2 is 0.890 bits per heavy atom. The number of ketones is 2. The summed E-state index contributed by atoms with van der Waals surface area (Å²) >= 11 is 0. The Hall–Kier alpha value is -8.34. The standard InChI is InChI=1S/C69H58N2O2/c1-6-40-69(71(58-38-27-47-19-15-17-25-53(47)42-58)56-35-30-51(31-36-56)66(73)49-22-12-9-13-23-49)63-44-60-59-39-32-54(43-61(59)67(3,4)62(60)45-64(63)69)68(5,7-2)70(57-37-26-46-18-14-16-24-52(46)41-57)55-33-28-50(29-34-55)65(72)48-20-10-8-11-21-48/h8-39,41-45H,6-7,40H2,1-5H3. The zero-order valence-corrected chi connectivity index (χ0v) is 42.2. The van der Waals surface area contributed by atoms with E-state index in [-0.39, 0.29) is 22.5 Å². The molecule has 0 spiro atoms. The van der Waals surface area contributed by atoms with Crippen LogP contribution in [0.1, 0.15) is 114 Å². The van der Waals surface area contributed by atoms with E-state index in [0.717, 1.165) is 42.0 Å². The molecular formula is C69H58N2O2. The van der Waals surface area contributed by atoms with Gasteiger partial charge in [0.15, 0.2) is 11.6 Å². The summed E-state index contributed by atoms with van der Waals surface area (Å²) in [7, 11) is 0. The number of hydrogen-bond acceptors (Lipinski definition) is 4. The van der Waals surface area contributed by atoms with E-state index in [2.05, 4.69) is 184 Å². The Bertz CT molecular complexity index is 3770. The molecule has 2 aliphatic rings. The molecule has 73 heavy (non-hydrogen) atoms. The third-order valence-corrected chi connectivity index (χ3v) is 16.3. The Balaban J connectivity index is 0.949. The summed E-state index contributed by atoms with van der Waals surface area (Å²) in [5, 5.41) is 4.78. The van der Waals surface area contributed by atoms with Crippen LogP contribution < -0.4 is 9.80 Å². The van der Waals surface area contributed by atoms with Gasteiger partial charge < -0.3 is 9.80 Å². The first-order chi connectivity index (χ1) is 35.5. The molecule has 0 fully saturated rings. The van der Waals surface area contributed by atoms with E-state index in [4.69, 9.17) is 0 Å². The van der Waals surface area contributed by atoms with Crippen molar-refractivity contribution >= 4 is 55.9 Å². The number of fused-ring (bicyclic) bond motifs is 6. The summed E-state index contributed by atoms with van der Waals surface area (Å²) in [6, 6.07) is 78.5. The zero-order valence-electron chi connectivity index (χ0n) is 42.2. The molecule has 2 unspecified atom stereocenters. The minimum atomic E-state index is -0.474. The van der Waals surface area contributed by atoms with Crippen molar-refractivity contribution in [2.45, 2.75) is 70.4 Å². The zero-order chi connectivity index (χ0) is 50.1. The van der Waals surface area contributed by atoms with Crippen LogP contribution in [0.4, 0.5) is 22.7 Å². The number of carbonyl (C=O) groups excluding carboxylic acids is 2. The fourth-order valence-electron chi connectivity index (χ4n) is 12.2. The monoisotopic (exact) mass is 946 g/mol. The summed E-state index contributed by atoms with van der Waals surface area (Å²) in [6.07, 6.45) is 2.76. The Morgan fingerprint density at radius 3 is 1.45 bits per heavy atom. The predicted molar refractivity (Wildman–Crippen MR) is 302 cm³/mol. The molecule has 0 amide bonds. The van der Waals surface area contributed by atoms with Crippen molar-refractivity contribution in [1.82, 2.24) is 0 Å². The maximum absolute atomic E-state index is 13.7. The van der Waals surface area contributed by atoms with E-state index in [1.54, 1.807) is 0 Å². The molecule has 0 aromatic heterocycles. The van der Waals surface area contributed by atoms with E-state index >= 15 is 0 Å². The van der Waals surface area contributed by atoms with Crippen LogP contribution in [-0.2, 0) is 16.5 Å². The van der Waals surface area contributed by atoms with E-state index < -0.39 is 5.54 Å². The van der Waals surface area contributed by atoms with Gasteiger partial charge in [0.2, 0.25) is 0 Å². The highest BCUT2D eigenvalue weighted by Crippen LogP contribution is 2.63. The van der Waals surface area contributed by atoms with Crippen molar-refractivity contribution in [3.8, 4) is 11.1 Å². The lowest BCUT2D eigenvalue weighted by Crippen LogP contribution is -2.40. The van der Waals surface area contributed by atoms with Gasteiger partial charge in [0.1, 0.15) is 0 Å². The summed E-state index contributed by atoms with van der Waals surface area (Å²) < 4.78 is 0. The molecule has 4 heteroatoms. The minimum absolute atomic E-state index is 0.0155. The molecule has 2 aliphatic carbocycles. The number of rotatable bonds is 14. The number of hydrogen-bond donors (Lipinski definition) is 0. The molecule has 0 bridgehead atoms. The second kappa shape index (κ2) is 17.8. The van der Waals surface area contributed by atoms with Gasteiger partial charge in [-0.3, -0.25) is 9.59 Å². The third kappa shape index (κ3) is 7.50. The van der Waals surface area contributed by atoms with Gasteiger partial charge in [-0.25, -0.2) is 0 Å². The van der Waals surface area contributed by atoms with Gasteiger partial charge in [0.25, 0.3) is 0 Å². The molecule has 12 rings (SSSR count). The molecule has 356 valence electrons. The smallest absolute Gasteiger partial charge is 0.193 e. The van der Waals surface area contributed by atoms with Crippen molar-refractivity contribution in [2.24, 2.45) is 0 Å². The molecule has 0 heterocycles. The molecule has 0 N–H and O–H groups in total. The largest absolute Gasteiger partial charge is 0.331 e.